The number of rotatable bonds is 4. The number of benzene rings is 2. The minimum Gasteiger partial charge on any atom is -0.166 e. The zero-order valence-corrected chi connectivity index (χ0v) is 14.3. The van der Waals surface area contributed by atoms with Gasteiger partial charge in [-0.15, -0.1) is 0 Å². The molecule has 0 heterocycles. The molecule has 0 N–H and O–H groups in total. The largest absolute Gasteiger partial charge is 0.417 e. The maximum absolute atomic E-state index is 13.5. The molecule has 0 saturated heterocycles. The summed E-state index contributed by atoms with van der Waals surface area (Å²) in [6.07, 6.45) is -4.96. The molecule has 0 spiro atoms. The molecule has 0 aliphatic rings. The van der Waals surface area contributed by atoms with E-state index in [1.807, 2.05) is 6.92 Å². The number of hydrogen-bond acceptors (Lipinski definition) is 0. The fourth-order valence-electron chi connectivity index (χ4n) is 2.80. The Kier molecular flexibility index (Phi) is 5.84. The summed E-state index contributed by atoms with van der Waals surface area (Å²) in [4.78, 5) is 0. The molecule has 0 unspecified atom stereocenters. The minimum atomic E-state index is -4.67. The summed E-state index contributed by atoms with van der Waals surface area (Å²) in [6, 6.07) is 6.52. The van der Waals surface area contributed by atoms with Crippen molar-refractivity contribution in [3.8, 4) is 11.1 Å². The van der Waals surface area contributed by atoms with Crippen LogP contribution in [0.2, 0.25) is 0 Å². The summed E-state index contributed by atoms with van der Waals surface area (Å²) in [5, 5.41) is 0. The van der Waals surface area contributed by atoms with Gasteiger partial charge in [0.1, 0.15) is 0 Å². The SMILES string of the molecule is C/C=C/c1ccc(C(F)(F)F)cc1-c1cc(CCC)ccc1C(F)(F)F. The predicted molar refractivity (Wildman–Crippen MR) is 90.6 cm³/mol. The van der Waals surface area contributed by atoms with Crippen LogP contribution < -0.4 is 0 Å². The molecule has 6 heteroatoms. The number of aryl methyl sites for hydroxylation is 1. The van der Waals surface area contributed by atoms with Crippen LogP contribution in [-0.4, -0.2) is 0 Å². The molecule has 0 nitrogen and oxygen atoms in total. The van der Waals surface area contributed by atoms with Crippen molar-refractivity contribution in [2.45, 2.75) is 39.0 Å². The fraction of sp³-hybridized carbons (Fsp3) is 0.300. The molecule has 0 saturated carbocycles. The topological polar surface area (TPSA) is 0 Å². The van der Waals surface area contributed by atoms with E-state index in [1.165, 1.54) is 24.3 Å². The van der Waals surface area contributed by atoms with Crippen LogP contribution in [0.3, 0.4) is 0 Å². The van der Waals surface area contributed by atoms with E-state index in [9.17, 15) is 26.3 Å². The Morgan fingerprint density at radius 2 is 1.54 bits per heavy atom. The second kappa shape index (κ2) is 7.56. The Balaban J connectivity index is 2.81. The van der Waals surface area contributed by atoms with Gasteiger partial charge in [-0.25, -0.2) is 0 Å². The molecule has 0 atom stereocenters. The molecule has 2 aromatic rings. The molecular formula is C20H18F6. The lowest BCUT2D eigenvalue weighted by Crippen LogP contribution is -2.09. The number of halogens is 6. The van der Waals surface area contributed by atoms with Gasteiger partial charge in [-0.05, 0) is 53.8 Å². The molecule has 26 heavy (non-hydrogen) atoms. The maximum atomic E-state index is 13.5. The average Bonchev–Trinajstić information content (AvgIpc) is 2.53. The third-order valence-corrected chi connectivity index (χ3v) is 3.95. The van der Waals surface area contributed by atoms with E-state index in [-0.39, 0.29) is 11.1 Å². The Hall–Kier alpha value is -2.24. The van der Waals surface area contributed by atoms with E-state index in [1.54, 1.807) is 13.0 Å². The van der Waals surface area contributed by atoms with Crippen molar-refractivity contribution >= 4 is 6.08 Å². The Morgan fingerprint density at radius 3 is 2.08 bits per heavy atom. The van der Waals surface area contributed by atoms with Crippen molar-refractivity contribution in [3.05, 3.63) is 64.7 Å². The van der Waals surface area contributed by atoms with Gasteiger partial charge in [0.25, 0.3) is 0 Å². The molecule has 2 rings (SSSR count). The van der Waals surface area contributed by atoms with Crippen LogP contribution >= 0.6 is 0 Å². The Morgan fingerprint density at radius 1 is 0.846 bits per heavy atom. The van der Waals surface area contributed by atoms with Gasteiger partial charge in [0.15, 0.2) is 0 Å². The lowest BCUT2D eigenvalue weighted by molar-refractivity contribution is -0.137. The number of alkyl halides is 6. The molecular weight excluding hydrogens is 354 g/mol. The van der Waals surface area contributed by atoms with Crippen LogP contribution in [0.25, 0.3) is 17.2 Å². The van der Waals surface area contributed by atoms with E-state index >= 15 is 0 Å². The molecule has 0 aliphatic heterocycles. The monoisotopic (exact) mass is 372 g/mol. The summed E-state index contributed by atoms with van der Waals surface area (Å²) in [5.74, 6) is 0. The molecule has 0 radical (unpaired) electrons. The summed E-state index contributed by atoms with van der Waals surface area (Å²) >= 11 is 0. The standard InChI is InChI=1S/C20H18F6/c1-3-5-13-7-10-18(20(24,25)26)17(11-13)16-12-15(19(21,22)23)9-8-14(16)6-4-2/h4,6-12H,3,5H2,1-2H3/b6-4+. The van der Waals surface area contributed by atoms with Crippen LogP contribution in [0.5, 0.6) is 0 Å². The minimum absolute atomic E-state index is 0.0804. The van der Waals surface area contributed by atoms with E-state index in [0.29, 0.717) is 17.5 Å². The van der Waals surface area contributed by atoms with Crippen molar-refractivity contribution in [2.24, 2.45) is 0 Å². The quantitative estimate of drug-likeness (QED) is 0.491. The lowest BCUT2D eigenvalue weighted by Gasteiger charge is -2.18. The zero-order chi connectivity index (χ0) is 19.5. The van der Waals surface area contributed by atoms with Crippen molar-refractivity contribution in [1.29, 1.82) is 0 Å². The van der Waals surface area contributed by atoms with Crippen LogP contribution in [0.4, 0.5) is 26.3 Å². The summed E-state index contributed by atoms with van der Waals surface area (Å²) in [7, 11) is 0. The number of allylic oxidation sites excluding steroid dienone is 1. The van der Waals surface area contributed by atoms with E-state index in [4.69, 9.17) is 0 Å². The van der Waals surface area contributed by atoms with E-state index in [2.05, 4.69) is 0 Å². The zero-order valence-electron chi connectivity index (χ0n) is 14.3. The third kappa shape index (κ3) is 4.48. The van der Waals surface area contributed by atoms with Crippen LogP contribution in [-0.2, 0) is 18.8 Å². The van der Waals surface area contributed by atoms with Crippen LogP contribution in [0.1, 0.15) is 42.5 Å². The predicted octanol–water partition coefficient (Wildman–Crippen LogP) is 7.38. The molecule has 140 valence electrons. The highest BCUT2D eigenvalue weighted by Crippen LogP contribution is 2.41. The lowest BCUT2D eigenvalue weighted by atomic mass is 9.91. The van der Waals surface area contributed by atoms with Crippen LogP contribution in [0.15, 0.2) is 42.5 Å². The second-order valence-electron chi connectivity index (χ2n) is 5.93. The van der Waals surface area contributed by atoms with Crippen LogP contribution in [0, 0.1) is 0 Å². The molecule has 0 aliphatic carbocycles. The first-order valence-electron chi connectivity index (χ1n) is 8.12. The summed E-state index contributed by atoms with van der Waals surface area (Å²) in [6.45, 7) is 3.53. The molecule has 0 amide bonds. The smallest absolute Gasteiger partial charge is 0.166 e. The van der Waals surface area contributed by atoms with Crippen molar-refractivity contribution < 1.29 is 26.3 Å². The first-order chi connectivity index (χ1) is 12.1. The summed E-state index contributed by atoms with van der Waals surface area (Å²) in [5.41, 5.74) is -1.28. The first-order valence-corrected chi connectivity index (χ1v) is 8.12. The molecule has 2 aromatic carbocycles. The normalized spacial score (nSPS) is 12.8. The van der Waals surface area contributed by atoms with Gasteiger partial charge in [0.2, 0.25) is 0 Å². The van der Waals surface area contributed by atoms with Gasteiger partial charge in [-0.1, -0.05) is 43.7 Å². The van der Waals surface area contributed by atoms with Crippen molar-refractivity contribution in [2.75, 3.05) is 0 Å². The molecule has 0 aromatic heterocycles. The maximum Gasteiger partial charge on any atom is 0.417 e. The highest BCUT2D eigenvalue weighted by Gasteiger charge is 2.35. The number of hydrogen-bond donors (Lipinski definition) is 0. The van der Waals surface area contributed by atoms with Gasteiger partial charge in [0, 0.05) is 0 Å². The third-order valence-electron chi connectivity index (χ3n) is 3.95. The molecule has 0 bridgehead atoms. The highest BCUT2D eigenvalue weighted by molar-refractivity contribution is 5.79. The van der Waals surface area contributed by atoms with E-state index in [0.717, 1.165) is 24.6 Å². The first kappa shape index (κ1) is 20.1. The van der Waals surface area contributed by atoms with Gasteiger partial charge >= 0.3 is 12.4 Å². The Labute approximate surface area is 148 Å². The van der Waals surface area contributed by atoms with Gasteiger partial charge < -0.3 is 0 Å². The van der Waals surface area contributed by atoms with E-state index < -0.39 is 23.5 Å². The average molecular weight is 372 g/mol. The molecule has 0 fully saturated rings. The van der Waals surface area contributed by atoms with Crippen molar-refractivity contribution in [3.63, 3.8) is 0 Å². The highest BCUT2D eigenvalue weighted by atomic mass is 19.4. The van der Waals surface area contributed by atoms with Gasteiger partial charge in [0.05, 0.1) is 11.1 Å². The van der Waals surface area contributed by atoms with Gasteiger partial charge in [-0.2, -0.15) is 26.3 Å². The van der Waals surface area contributed by atoms with Gasteiger partial charge in [-0.3, -0.25) is 0 Å². The fourth-order valence-corrected chi connectivity index (χ4v) is 2.80. The second-order valence-corrected chi connectivity index (χ2v) is 5.93. The Bertz CT molecular complexity index is 797. The summed E-state index contributed by atoms with van der Waals surface area (Å²) < 4.78 is 79.7. The van der Waals surface area contributed by atoms with Crippen molar-refractivity contribution in [1.82, 2.24) is 0 Å².